The maximum atomic E-state index is 12.6. The summed E-state index contributed by atoms with van der Waals surface area (Å²) in [6.07, 6.45) is 3.46. The Morgan fingerprint density at radius 1 is 1.24 bits per heavy atom. The number of nitrogens with one attached hydrogen (secondary N) is 1. The molecule has 0 bridgehead atoms. The van der Waals surface area contributed by atoms with Crippen LogP contribution in [0.1, 0.15) is 31.6 Å². The van der Waals surface area contributed by atoms with Crippen molar-refractivity contribution in [3.05, 3.63) is 59.0 Å². The highest BCUT2D eigenvalue weighted by Gasteiger charge is 2.30. The smallest absolute Gasteiger partial charge is 0.241 e. The molecule has 1 saturated heterocycles. The number of hydrogen-bond acceptors (Lipinski definition) is 6. The van der Waals surface area contributed by atoms with E-state index in [1.807, 2.05) is 49.4 Å². The second-order valence-electron chi connectivity index (χ2n) is 7.16. The molecule has 3 aromatic rings. The number of carbonyl (C=O) groups excluding carboxylic acids is 1. The Morgan fingerprint density at radius 2 is 2.07 bits per heavy atom. The molecule has 1 aliphatic rings. The van der Waals surface area contributed by atoms with Gasteiger partial charge in [0.15, 0.2) is 0 Å². The second kappa shape index (κ2) is 8.84. The van der Waals surface area contributed by atoms with E-state index in [-0.39, 0.29) is 17.9 Å². The number of benzene rings is 1. The van der Waals surface area contributed by atoms with Crippen molar-refractivity contribution in [2.24, 2.45) is 0 Å². The highest BCUT2D eigenvalue weighted by atomic mass is 79.9. The standard InChI is InChI=1S/C21H22BrN5O2/c1-14(20(28)24-17-6-4-5-16(22)13-17)27-11-8-15(9-12-27)21-25-19(26-29-21)18-7-2-3-10-23-18/h2-7,10,13-15H,8-9,11-12H2,1H3,(H,24,28). The van der Waals surface area contributed by atoms with Crippen molar-refractivity contribution < 1.29 is 9.32 Å². The molecule has 0 saturated carbocycles. The molecule has 150 valence electrons. The summed E-state index contributed by atoms with van der Waals surface area (Å²) in [5, 5.41) is 7.05. The van der Waals surface area contributed by atoms with Crippen molar-refractivity contribution in [1.82, 2.24) is 20.0 Å². The molecule has 1 atom stereocenters. The summed E-state index contributed by atoms with van der Waals surface area (Å²) in [6.45, 7) is 3.55. The Bertz CT molecular complexity index is 970. The Labute approximate surface area is 177 Å². The third-order valence-corrected chi connectivity index (χ3v) is 5.73. The summed E-state index contributed by atoms with van der Waals surface area (Å²) < 4.78 is 6.43. The largest absolute Gasteiger partial charge is 0.339 e. The van der Waals surface area contributed by atoms with E-state index in [0.717, 1.165) is 36.1 Å². The average Bonchev–Trinajstić information content (AvgIpc) is 3.24. The zero-order valence-corrected chi connectivity index (χ0v) is 17.7. The minimum Gasteiger partial charge on any atom is -0.339 e. The van der Waals surface area contributed by atoms with Crippen molar-refractivity contribution in [1.29, 1.82) is 0 Å². The van der Waals surface area contributed by atoms with E-state index in [2.05, 4.69) is 41.3 Å². The number of aromatic nitrogens is 3. The normalized spacial score (nSPS) is 16.5. The van der Waals surface area contributed by atoms with E-state index >= 15 is 0 Å². The minimum atomic E-state index is -0.207. The topological polar surface area (TPSA) is 84.2 Å². The highest BCUT2D eigenvalue weighted by molar-refractivity contribution is 9.10. The van der Waals surface area contributed by atoms with Crippen LogP contribution >= 0.6 is 15.9 Å². The second-order valence-corrected chi connectivity index (χ2v) is 8.07. The van der Waals surface area contributed by atoms with Crippen LogP contribution in [-0.4, -0.2) is 45.1 Å². The van der Waals surface area contributed by atoms with Crippen molar-refractivity contribution >= 4 is 27.5 Å². The van der Waals surface area contributed by atoms with Crippen LogP contribution in [0.3, 0.4) is 0 Å². The van der Waals surface area contributed by atoms with Gasteiger partial charge in [-0.3, -0.25) is 14.7 Å². The number of nitrogens with zero attached hydrogens (tertiary/aromatic N) is 4. The first-order valence-electron chi connectivity index (χ1n) is 9.65. The first kappa shape index (κ1) is 19.7. The predicted octanol–water partition coefficient (Wildman–Crippen LogP) is 4.10. The van der Waals surface area contributed by atoms with E-state index < -0.39 is 0 Å². The van der Waals surface area contributed by atoms with Crippen LogP contribution in [0.25, 0.3) is 11.5 Å². The summed E-state index contributed by atoms with van der Waals surface area (Å²) in [5.74, 6) is 1.37. The SMILES string of the molecule is CC(C(=O)Nc1cccc(Br)c1)N1CCC(c2nc(-c3ccccn3)no2)CC1. The molecule has 1 amide bonds. The molecule has 1 N–H and O–H groups in total. The molecule has 3 heterocycles. The number of piperidine rings is 1. The van der Waals surface area contributed by atoms with Crippen molar-refractivity contribution in [3.8, 4) is 11.5 Å². The molecule has 0 aliphatic carbocycles. The fourth-order valence-electron chi connectivity index (χ4n) is 3.51. The number of hydrogen-bond donors (Lipinski definition) is 1. The molecular weight excluding hydrogens is 434 g/mol. The molecule has 7 nitrogen and oxygen atoms in total. The fourth-order valence-corrected chi connectivity index (χ4v) is 3.91. The van der Waals surface area contributed by atoms with Gasteiger partial charge in [0.2, 0.25) is 17.6 Å². The maximum Gasteiger partial charge on any atom is 0.241 e. The lowest BCUT2D eigenvalue weighted by Gasteiger charge is -2.34. The van der Waals surface area contributed by atoms with Crippen molar-refractivity contribution in [2.45, 2.75) is 31.7 Å². The molecule has 1 aromatic carbocycles. The van der Waals surface area contributed by atoms with Gasteiger partial charge in [-0.1, -0.05) is 33.2 Å². The lowest BCUT2D eigenvalue weighted by Crippen LogP contribution is -2.45. The highest BCUT2D eigenvalue weighted by Crippen LogP contribution is 2.29. The third kappa shape index (κ3) is 4.71. The number of amides is 1. The minimum absolute atomic E-state index is 0.00298. The van der Waals surface area contributed by atoms with Gasteiger partial charge in [-0.2, -0.15) is 4.98 Å². The van der Waals surface area contributed by atoms with Gasteiger partial charge in [0.05, 0.1) is 6.04 Å². The quantitative estimate of drug-likeness (QED) is 0.623. The monoisotopic (exact) mass is 455 g/mol. The number of pyridine rings is 1. The number of carbonyl (C=O) groups is 1. The van der Waals surface area contributed by atoms with Crippen molar-refractivity contribution in [3.63, 3.8) is 0 Å². The van der Waals surface area contributed by atoms with Gasteiger partial charge in [-0.05, 0) is 63.2 Å². The fraction of sp³-hybridized carbons (Fsp3) is 0.333. The summed E-state index contributed by atoms with van der Waals surface area (Å²) in [6, 6.07) is 13.0. The zero-order valence-electron chi connectivity index (χ0n) is 16.1. The molecule has 8 heteroatoms. The van der Waals surface area contributed by atoms with Crippen LogP contribution in [0.15, 0.2) is 57.7 Å². The Kier molecular flexibility index (Phi) is 6.01. The van der Waals surface area contributed by atoms with Crippen LogP contribution in [-0.2, 0) is 4.79 Å². The summed E-state index contributed by atoms with van der Waals surface area (Å²) in [5.41, 5.74) is 1.50. The molecule has 0 radical (unpaired) electrons. The van der Waals surface area contributed by atoms with Crippen LogP contribution in [0.2, 0.25) is 0 Å². The van der Waals surface area contributed by atoms with Crippen LogP contribution in [0.4, 0.5) is 5.69 Å². The molecule has 0 spiro atoms. The van der Waals surface area contributed by atoms with Crippen LogP contribution < -0.4 is 5.32 Å². The molecule has 2 aromatic heterocycles. The first-order valence-corrected chi connectivity index (χ1v) is 10.4. The molecule has 4 rings (SSSR count). The van der Waals surface area contributed by atoms with Gasteiger partial charge in [0, 0.05) is 22.3 Å². The summed E-state index contributed by atoms with van der Waals surface area (Å²) >= 11 is 3.43. The van der Waals surface area contributed by atoms with E-state index in [9.17, 15) is 4.79 Å². The molecular formula is C21H22BrN5O2. The van der Waals surface area contributed by atoms with Gasteiger partial charge in [0.25, 0.3) is 0 Å². The van der Waals surface area contributed by atoms with E-state index in [1.165, 1.54) is 0 Å². The van der Waals surface area contributed by atoms with Crippen molar-refractivity contribution in [2.75, 3.05) is 18.4 Å². The number of anilines is 1. The van der Waals surface area contributed by atoms with Crippen LogP contribution in [0, 0.1) is 0 Å². The molecule has 1 fully saturated rings. The van der Waals surface area contributed by atoms with Gasteiger partial charge < -0.3 is 9.84 Å². The number of halogens is 1. The lowest BCUT2D eigenvalue weighted by molar-refractivity contribution is -0.121. The van der Waals surface area contributed by atoms with Gasteiger partial charge in [0.1, 0.15) is 5.69 Å². The van der Waals surface area contributed by atoms with Crippen LogP contribution in [0.5, 0.6) is 0 Å². The maximum absolute atomic E-state index is 12.6. The Morgan fingerprint density at radius 3 is 2.79 bits per heavy atom. The Balaban J connectivity index is 1.33. The molecule has 1 unspecified atom stereocenters. The average molecular weight is 456 g/mol. The zero-order chi connectivity index (χ0) is 20.2. The van der Waals surface area contributed by atoms with E-state index in [0.29, 0.717) is 17.4 Å². The number of rotatable bonds is 5. The lowest BCUT2D eigenvalue weighted by atomic mass is 9.95. The molecule has 1 aliphatic heterocycles. The van der Waals surface area contributed by atoms with Gasteiger partial charge in [-0.15, -0.1) is 0 Å². The summed E-state index contributed by atoms with van der Waals surface area (Å²) in [7, 11) is 0. The predicted molar refractivity (Wildman–Crippen MR) is 113 cm³/mol. The van der Waals surface area contributed by atoms with Gasteiger partial charge in [-0.25, -0.2) is 0 Å². The molecule has 29 heavy (non-hydrogen) atoms. The van der Waals surface area contributed by atoms with E-state index in [4.69, 9.17) is 4.52 Å². The first-order chi connectivity index (χ1) is 14.1. The number of likely N-dealkylation sites (tertiary alicyclic amines) is 1. The van der Waals surface area contributed by atoms with E-state index in [1.54, 1.807) is 6.20 Å². The Hall–Kier alpha value is -2.58. The summed E-state index contributed by atoms with van der Waals surface area (Å²) in [4.78, 5) is 23.6. The van der Waals surface area contributed by atoms with Gasteiger partial charge >= 0.3 is 0 Å². The third-order valence-electron chi connectivity index (χ3n) is 5.23.